The second-order valence-corrected chi connectivity index (χ2v) is 4.89. The zero-order chi connectivity index (χ0) is 15.3. The number of carbonyl (C=O) groups excluding carboxylic acids is 1. The number of hydrogen-bond acceptors (Lipinski definition) is 4. The van der Waals surface area contributed by atoms with Crippen LogP contribution in [0.4, 0.5) is 4.79 Å². The molecule has 0 atom stereocenters. The number of rotatable bonds is 6. The number of nitrogens with one attached hydrogen (secondary N) is 1. The van der Waals surface area contributed by atoms with Crippen molar-refractivity contribution < 1.29 is 19.2 Å². The minimum Gasteiger partial charge on any atom is -0.481 e. The van der Waals surface area contributed by atoms with Gasteiger partial charge in [0.1, 0.15) is 5.76 Å². The van der Waals surface area contributed by atoms with E-state index in [1.165, 1.54) is 4.90 Å². The summed E-state index contributed by atoms with van der Waals surface area (Å²) in [6.07, 6.45) is -0.0725. The van der Waals surface area contributed by atoms with Crippen LogP contribution in [-0.2, 0) is 11.3 Å². The minimum atomic E-state index is -0.922. The molecule has 0 aliphatic rings. The molecule has 20 heavy (non-hydrogen) atoms. The summed E-state index contributed by atoms with van der Waals surface area (Å²) in [5.41, 5.74) is 1.59. The van der Waals surface area contributed by atoms with Crippen LogP contribution in [-0.4, -0.2) is 39.8 Å². The summed E-state index contributed by atoms with van der Waals surface area (Å²) in [5, 5.41) is 15.3. The molecule has 1 aromatic rings. The largest absolute Gasteiger partial charge is 0.481 e. The molecule has 0 fully saturated rings. The first-order chi connectivity index (χ1) is 9.32. The highest BCUT2D eigenvalue weighted by atomic mass is 16.5. The Kier molecular flexibility index (Phi) is 5.54. The van der Waals surface area contributed by atoms with Gasteiger partial charge in [0.2, 0.25) is 0 Å². The third-order valence-corrected chi connectivity index (χ3v) is 3.05. The second kappa shape index (κ2) is 6.93. The van der Waals surface area contributed by atoms with Gasteiger partial charge in [-0.1, -0.05) is 5.16 Å². The zero-order valence-corrected chi connectivity index (χ0v) is 12.3. The van der Waals surface area contributed by atoms with Crippen molar-refractivity contribution in [2.24, 2.45) is 0 Å². The topological polar surface area (TPSA) is 95.7 Å². The molecule has 0 unspecified atom stereocenters. The van der Waals surface area contributed by atoms with E-state index < -0.39 is 5.97 Å². The van der Waals surface area contributed by atoms with Crippen LogP contribution in [0.3, 0.4) is 0 Å². The van der Waals surface area contributed by atoms with E-state index in [0.29, 0.717) is 12.3 Å². The van der Waals surface area contributed by atoms with Gasteiger partial charge >= 0.3 is 12.0 Å². The molecule has 2 N–H and O–H groups in total. The molecule has 0 bridgehead atoms. The summed E-state index contributed by atoms with van der Waals surface area (Å²) in [6, 6.07) is -0.361. The lowest BCUT2D eigenvalue weighted by molar-refractivity contribution is -0.137. The first-order valence-electron chi connectivity index (χ1n) is 6.51. The van der Waals surface area contributed by atoms with E-state index in [1.54, 1.807) is 6.92 Å². The lowest BCUT2D eigenvalue weighted by Gasteiger charge is -2.26. The van der Waals surface area contributed by atoms with Gasteiger partial charge < -0.3 is 19.8 Å². The highest BCUT2D eigenvalue weighted by Gasteiger charge is 2.18. The predicted octanol–water partition coefficient (Wildman–Crippen LogP) is 1.69. The molecule has 1 aromatic heterocycles. The van der Waals surface area contributed by atoms with E-state index >= 15 is 0 Å². The third-order valence-electron chi connectivity index (χ3n) is 3.05. The molecule has 0 aliphatic carbocycles. The fourth-order valence-electron chi connectivity index (χ4n) is 1.83. The number of urea groups is 1. The van der Waals surface area contributed by atoms with Crippen LogP contribution in [0.25, 0.3) is 0 Å². The zero-order valence-electron chi connectivity index (χ0n) is 12.3. The van der Waals surface area contributed by atoms with Crippen LogP contribution in [0.5, 0.6) is 0 Å². The third kappa shape index (κ3) is 4.25. The van der Waals surface area contributed by atoms with Crippen LogP contribution in [0.1, 0.15) is 37.3 Å². The molecule has 0 aliphatic heterocycles. The summed E-state index contributed by atoms with van der Waals surface area (Å²) in [6.45, 7) is 7.78. The van der Waals surface area contributed by atoms with Crippen molar-refractivity contribution in [3.8, 4) is 0 Å². The maximum absolute atomic E-state index is 12.1. The van der Waals surface area contributed by atoms with Gasteiger partial charge in [-0.25, -0.2) is 4.79 Å². The first kappa shape index (κ1) is 16.0. The molecule has 0 aromatic carbocycles. The van der Waals surface area contributed by atoms with Crippen molar-refractivity contribution in [1.29, 1.82) is 0 Å². The quantitative estimate of drug-likeness (QED) is 0.828. The highest BCUT2D eigenvalue weighted by Crippen LogP contribution is 2.12. The number of aryl methyl sites for hydroxylation is 2. The smallest absolute Gasteiger partial charge is 0.317 e. The number of aromatic nitrogens is 1. The van der Waals surface area contributed by atoms with Gasteiger partial charge in [-0.3, -0.25) is 4.79 Å². The molecule has 1 heterocycles. The van der Waals surface area contributed by atoms with E-state index in [0.717, 1.165) is 11.3 Å². The summed E-state index contributed by atoms with van der Waals surface area (Å²) in [7, 11) is 0. The molecule has 0 spiro atoms. The molecule has 7 heteroatoms. The van der Waals surface area contributed by atoms with Gasteiger partial charge in [-0.2, -0.15) is 0 Å². The van der Waals surface area contributed by atoms with Crippen molar-refractivity contribution in [3.63, 3.8) is 0 Å². The van der Waals surface area contributed by atoms with Crippen molar-refractivity contribution in [2.45, 2.75) is 46.7 Å². The Labute approximate surface area is 117 Å². The Morgan fingerprint density at radius 3 is 2.50 bits per heavy atom. The van der Waals surface area contributed by atoms with Crippen molar-refractivity contribution in [3.05, 3.63) is 17.0 Å². The molecular formula is C13H21N3O4. The number of carboxylic acid groups (broad SMARTS) is 1. The van der Waals surface area contributed by atoms with E-state index in [2.05, 4.69) is 10.5 Å². The number of amides is 2. The van der Waals surface area contributed by atoms with Crippen LogP contribution >= 0.6 is 0 Å². The molecular weight excluding hydrogens is 262 g/mol. The van der Waals surface area contributed by atoms with Gasteiger partial charge in [-0.15, -0.1) is 0 Å². The fourth-order valence-corrected chi connectivity index (χ4v) is 1.83. The van der Waals surface area contributed by atoms with E-state index in [1.807, 2.05) is 20.8 Å². The van der Waals surface area contributed by atoms with Gasteiger partial charge in [0, 0.05) is 24.7 Å². The fraction of sp³-hybridized carbons (Fsp3) is 0.615. The summed E-state index contributed by atoms with van der Waals surface area (Å²) in [4.78, 5) is 24.2. The van der Waals surface area contributed by atoms with E-state index in [9.17, 15) is 9.59 Å². The number of nitrogens with zero attached hydrogens (tertiary/aromatic N) is 2. The monoisotopic (exact) mass is 283 g/mol. The Hall–Kier alpha value is -2.05. The van der Waals surface area contributed by atoms with Gasteiger partial charge in [-0.05, 0) is 27.7 Å². The number of hydrogen-bond donors (Lipinski definition) is 2. The van der Waals surface area contributed by atoms with Crippen LogP contribution in [0.15, 0.2) is 4.52 Å². The average molecular weight is 283 g/mol. The maximum atomic E-state index is 12.1. The maximum Gasteiger partial charge on any atom is 0.317 e. The molecule has 1 rings (SSSR count). The van der Waals surface area contributed by atoms with Crippen LogP contribution in [0.2, 0.25) is 0 Å². The van der Waals surface area contributed by atoms with Crippen molar-refractivity contribution in [2.75, 3.05) is 6.54 Å². The number of aliphatic carboxylic acids is 1. The van der Waals surface area contributed by atoms with Crippen molar-refractivity contribution >= 4 is 12.0 Å². The van der Waals surface area contributed by atoms with Gasteiger partial charge in [0.05, 0.1) is 12.1 Å². The highest BCUT2D eigenvalue weighted by molar-refractivity contribution is 5.75. The molecule has 112 valence electrons. The van der Waals surface area contributed by atoms with E-state index in [4.69, 9.17) is 9.63 Å². The average Bonchev–Trinajstić information content (AvgIpc) is 2.66. The Morgan fingerprint density at radius 2 is 2.05 bits per heavy atom. The Bertz CT molecular complexity index is 462. The summed E-state index contributed by atoms with van der Waals surface area (Å²) >= 11 is 0. The standard InChI is InChI=1S/C13H21N3O4/c1-8(2)16(6-5-12(17)18)13(19)14-7-11-9(3)15-20-10(11)4/h8H,5-7H2,1-4H3,(H,14,19)(H,17,18). The second-order valence-electron chi connectivity index (χ2n) is 4.89. The van der Waals surface area contributed by atoms with Crippen LogP contribution < -0.4 is 5.32 Å². The predicted molar refractivity (Wildman–Crippen MR) is 72.3 cm³/mol. The van der Waals surface area contributed by atoms with Crippen molar-refractivity contribution in [1.82, 2.24) is 15.4 Å². The molecule has 0 saturated carbocycles. The normalized spacial score (nSPS) is 10.7. The van der Waals surface area contributed by atoms with Gasteiger partial charge in [0.25, 0.3) is 0 Å². The summed E-state index contributed by atoms with van der Waals surface area (Å²) < 4.78 is 5.02. The SMILES string of the molecule is Cc1noc(C)c1CNC(=O)N(CCC(=O)O)C(C)C. The lowest BCUT2D eigenvalue weighted by atomic mass is 10.2. The molecule has 7 nitrogen and oxygen atoms in total. The first-order valence-corrected chi connectivity index (χ1v) is 6.51. The summed E-state index contributed by atoms with van der Waals surface area (Å²) in [5.74, 6) is -0.251. The molecule has 0 radical (unpaired) electrons. The van der Waals surface area contributed by atoms with Gasteiger partial charge in [0.15, 0.2) is 0 Å². The number of carbonyl (C=O) groups is 2. The molecule has 2 amide bonds. The Morgan fingerprint density at radius 1 is 1.40 bits per heavy atom. The number of carboxylic acids is 1. The lowest BCUT2D eigenvalue weighted by Crippen LogP contribution is -2.44. The Balaban J connectivity index is 2.60. The minimum absolute atomic E-state index is 0.0704. The van der Waals surface area contributed by atoms with Crippen LogP contribution in [0, 0.1) is 13.8 Å². The van der Waals surface area contributed by atoms with E-state index in [-0.39, 0.29) is 25.0 Å². The molecule has 0 saturated heterocycles.